The number of nitrogens with one attached hydrogen (secondary N) is 1. The van der Waals surface area contributed by atoms with Gasteiger partial charge in [0.1, 0.15) is 0 Å². The summed E-state index contributed by atoms with van der Waals surface area (Å²) < 4.78 is 0. The van der Waals surface area contributed by atoms with Gasteiger partial charge in [-0.25, -0.2) is 0 Å². The van der Waals surface area contributed by atoms with Crippen molar-refractivity contribution in [2.45, 2.75) is 26.2 Å². The summed E-state index contributed by atoms with van der Waals surface area (Å²) in [7, 11) is 2.01. The molecule has 1 N–H and O–H groups in total. The Morgan fingerprint density at radius 3 is 2.15 bits per heavy atom. The molecule has 0 amide bonds. The Hall–Kier alpha value is -1.31. The second-order valence-corrected chi connectivity index (χ2v) is 5.82. The van der Waals surface area contributed by atoms with E-state index in [1.165, 1.54) is 22.3 Å². The molecule has 0 aliphatic heterocycles. The number of rotatable bonds is 5. The van der Waals surface area contributed by atoms with Crippen LogP contribution in [0.25, 0.3) is 0 Å². The van der Waals surface area contributed by atoms with Crippen molar-refractivity contribution in [2.75, 3.05) is 13.6 Å². The molecule has 1 nitrogen and oxygen atoms in total. The molecule has 1 unspecified atom stereocenters. The van der Waals surface area contributed by atoms with Crippen molar-refractivity contribution < 1.29 is 0 Å². The number of benzene rings is 2. The number of likely N-dealkylation sites (N-methyl/N-ethyl adjacent to an activating group) is 1. The van der Waals surface area contributed by atoms with Gasteiger partial charge in [0.05, 0.1) is 0 Å². The molecular formula is C18H22ClN. The van der Waals surface area contributed by atoms with Gasteiger partial charge >= 0.3 is 0 Å². The van der Waals surface area contributed by atoms with Crippen LogP contribution in [0.4, 0.5) is 0 Å². The molecule has 2 heteroatoms. The molecule has 0 aliphatic rings. The maximum absolute atomic E-state index is 5.99. The fourth-order valence-corrected chi connectivity index (χ4v) is 2.83. The van der Waals surface area contributed by atoms with Crippen molar-refractivity contribution in [1.29, 1.82) is 0 Å². The molecule has 1 atom stereocenters. The zero-order chi connectivity index (χ0) is 14.5. The number of halogens is 1. The summed E-state index contributed by atoms with van der Waals surface area (Å²) in [4.78, 5) is 0. The summed E-state index contributed by atoms with van der Waals surface area (Å²) in [6.07, 6.45) is 1.06. The molecule has 0 aliphatic carbocycles. The van der Waals surface area contributed by atoms with Gasteiger partial charge in [0.2, 0.25) is 0 Å². The summed E-state index contributed by atoms with van der Waals surface area (Å²) >= 11 is 5.99. The third kappa shape index (κ3) is 3.62. The van der Waals surface area contributed by atoms with Gasteiger partial charge in [0.15, 0.2) is 0 Å². The lowest BCUT2D eigenvalue weighted by molar-refractivity contribution is 0.623. The Morgan fingerprint density at radius 1 is 1.00 bits per heavy atom. The Balaban J connectivity index is 2.28. The van der Waals surface area contributed by atoms with Gasteiger partial charge in [-0.05, 0) is 61.7 Å². The van der Waals surface area contributed by atoms with Crippen LogP contribution in [0.3, 0.4) is 0 Å². The highest BCUT2D eigenvalue weighted by Gasteiger charge is 2.14. The minimum Gasteiger partial charge on any atom is -0.319 e. The normalized spacial score (nSPS) is 12.4. The van der Waals surface area contributed by atoms with E-state index in [0.717, 1.165) is 18.0 Å². The Labute approximate surface area is 127 Å². The minimum absolute atomic E-state index is 0.470. The maximum Gasteiger partial charge on any atom is 0.0406 e. The summed E-state index contributed by atoms with van der Waals surface area (Å²) in [6, 6.07) is 14.7. The molecular weight excluding hydrogens is 266 g/mol. The van der Waals surface area contributed by atoms with Crippen molar-refractivity contribution >= 4 is 11.6 Å². The zero-order valence-electron chi connectivity index (χ0n) is 12.4. The topological polar surface area (TPSA) is 12.0 Å². The fraction of sp³-hybridized carbons (Fsp3) is 0.333. The van der Waals surface area contributed by atoms with Crippen LogP contribution in [0.15, 0.2) is 42.5 Å². The molecule has 0 saturated carbocycles. The van der Waals surface area contributed by atoms with Gasteiger partial charge in [0.25, 0.3) is 0 Å². The second kappa shape index (κ2) is 6.92. The van der Waals surface area contributed by atoms with Gasteiger partial charge in [-0.3, -0.25) is 0 Å². The monoisotopic (exact) mass is 287 g/mol. The van der Waals surface area contributed by atoms with Crippen molar-refractivity contribution in [1.82, 2.24) is 5.32 Å². The van der Waals surface area contributed by atoms with Gasteiger partial charge < -0.3 is 5.32 Å². The predicted molar refractivity (Wildman–Crippen MR) is 87.7 cm³/mol. The predicted octanol–water partition coefficient (Wildman–Crippen LogP) is 4.50. The summed E-state index contributed by atoms with van der Waals surface area (Å²) in [5.74, 6) is 0.470. The first kappa shape index (κ1) is 15.1. The number of hydrogen-bond acceptors (Lipinski definition) is 1. The average molecular weight is 288 g/mol. The van der Waals surface area contributed by atoms with Crippen LogP contribution in [0.1, 0.15) is 28.2 Å². The average Bonchev–Trinajstić information content (AvgIpc) is 2.43. The third-order valence-electron chi connectivity index (χ3n) is 3.89. The van der Waals surface area contributed by atoms with E-state index in [2.05, 4.69) is 49.5 Å². The molecule has 2 aromatic carbocycles. The number of aryl methyl sites for hydroxylation is 2. The van der Waals surface area contributed by atoms with Crippen LogP contribution in [-0.4, -0.2) is 13.6 Å². The molecule has 0 fully saturated rings. The molecule has 106 valence electrons. The van der Waals surface area contributed by atoms with Crippen LogP contribution >= 0.6 is 11.6 Å². The van der Waals surface area contributed by atoms with E-state index in [4.69, 9.17) is 11.6 Å². The summed E-state index contributed by atoms with van der Waals surface area (Å²) in [5.41, 5.74) is 5.55. The fourth-order valence-electron chi connectivity index (χ4n) is 2.71. The highest BCUT2D eigenvalue weighted by atomic mass is 35.5. The Morgan fingerprint density at radius 2 is 1.60 bits per heavy atom. The highest BCUT2D eigenvalue weighted by molar-refractivity contribution is 6.30. The minimum atomic E-state index is 0.470. The summed E-state index contributed by atoms with van der Waals surface area (Å²) in [6.45, 7) is 5.36. The van der Waals surface area contributed by atoms with Crippen molar-refractivity contribution in [3.63, 3.8) is 0 Å². The van der Waals surface area contributed by atoms with Gasteiger partial charge in [-0.2, -0.15) is 0 Å². The van der Waals surface area contributed by atoms with Crippen molar-refractivity contribution in [2.24, 2.45) is 0 Å². The SMILES string of the molecule is CNCC(Cc1c(C)cccc1C)c1ccc(Cl)cc1. The molecule has 0 spiro atoms. The van der Waals surface area contributed by atoms with Crippen LogP contribution in [0.2, 0.25) is 5.02 Å². The van der Waals surface area contributed by atoms with Gasteiger partial charge in [0, 0.05) is 17.5 Å². The first-order valence-corrected chi connectivity index (χ1v) is 7.44. The first-order chi connectivity index (χ1) is 9.61. The van der Waals surface area contributed by atoms with Crippen molar-refractivity contribution in [3.8, 4) is 0 Å². The molecule has 0 radical (unpaired) electrons. The van der Waals surface area contributed by atoms with E-state index >= 15 is 0 Å². The van der Waals surface area contributed by atoms with E-state index in [-0.39, 0.29) is 0 Å². The molecule has 2 aromatic rings. The lowest BCUT2D eigenvalue weighted by atomic mass is 9.88. The molecule has 0 aromatic heterocycles. The van der Waals surface area contributed by atoms with E-state index in [1.807, 2.05) is 19.2 Å². The van der Waals surface area contributed by atoms with E-state index in [1.54, 1.807) is 0 Å². The molecule has 2 rings (SSSR count). The van der Waals surface area contributed by atoms with Crippen LogP contribution in [0.5, 0.6) is 0 Å². The van der Waals surface area contributed by atoms with Crippen LogP contribution < -0.4 is 5.32 Å². The summed E-state index contributed by atoms with van der Waals surface area (Å²) in [5, 5.41) is 4.10. The third-order valence-corrected chi connectivity index (χ3v) is 4.14. The van der Waals surface area contributed by atoms with Crippen LogP contribution in [0, 0.1) is 13.8 Å². The lowest BCUT2D eigenvalue weighted by Gasteiger charge is -2.20. The van der Waals surface area contributed by atoms with Gasteiger partial charge in [-0.15, -0.1) is 0 Å². The van der Waals surface area contributed by atoms with E-state index < -0.39 is 0 Å². The van der Waals surface area contributed by atoms with E-state index in [0.29, 0.717) is 5.92 Å². The van der Waals surface area contributed by atoms with Crippen molar-refractivity contribution in [3.05, 3.63) is 69.7 Å². The second-order valence-electron chi connectivity index (χ2n) is 5.38. The molecule has 0 heterocycles. The molecule has 0 saturated heterocycles. The Kier molecular flexibility index (Phi) is 5.22. The molecule has 0 bridgehead atoms. The standard InChI is InChI=1S/C18H22ClN/c1-13-5-4-6-14(2)18(13)11-16(12-20-3)15-7-9-17(19)10-8-15/h4-10,16,20H,11-12H2,1-3H3. The first-order valence-electron chi connectivity index (χ1n) is 7.07. The van der Waals surface area contributed by atoms with Crippen LogP contribution in [-0.2, 0) is 6.42 Å². The smallest absolute Gasteiger partial charge is 0.0406 e. The maximum atomic E-state index is 5.99. The highest BCUT2D eigenvalue weighted by Crippen LogP contribution is 2.25. The molecule has 20 heavy (non-hydrogen) atoms. The Bertz CT molecular complexity index is 540. The quantitative estimate of drug-likeness (QED) is 0.853. The largest absolute Gasteiger partial charge is 0.319 e. The van der Waals surface area contributed by atoms with E-state index in [9.17, 15) is 0 Å². The zero-order valence-corrected chi connectivity index (χ0v) is 13.2. The van der Waals surface area contributed by atoms with Gasteiger partial charge in [-0.1, -0.05) is 41.9 Å². The lowest BCUT2D eigenvalue weighted by Crippen LogP contribution is -2.19. The number of hydrogen-bond donors (Lipinski definition) is 1.